The number of benzene rings is 2. The van der Waals surface area contributed by atoms with E-state index in [2.05, 4.69) is 0 Å². The molecular formula is C23H27FN2O3S. The van der Waals surface area contributed by atoms with Crippen LogP contribution in [0.15, 0.2) is 54.6 Å². The average molecular weight is 431 g/mol. The van der Waals surface area contributed by atoms with Crippen molar-refractivity contribution in [3.8, 4) is 0 Å². The van der Waals surface area contributed by atoms with Gasteiger partial charge in [-0.3, -0.25) is 4.79 Å². The van der Waals surface area contributed by atoms with Gasteiger partial charge in [-0.25, -0.2) is 12.8 Å². The molecule has 1 aliphatic carbocycles. The lowest BCUT2D eigenvalue weighted by Gasteiger charge is -2.39. The fourth-order valence-electron chi connectivity index (χ4n) is 4.74. The smallest absolute Gasteiger partial charge is 0.233 e. The third kappa shape index (κ3) is 4.14. The SMILES string of the molecule is O=C(N1CCN(S(=O)(=O)Cc2ccccc2)CC1)C1(c2cccc(F)c2)CCCC1. The van der Waals surface area contributed by atoms with E-state index in [1.54, 1.807) is 23.1 Å². The monoisotopic (exact) mass is 430 g/mol. The number of nitrogens with zero attached hydrogens (tertiary/aromatic N) is 2. The third-order valence-electron chi connectivity index (χ3n) is 6.35. The molecule has 1 heterocycles. The lowest BCUT2D eigenvalue weighted by atomic mass is 9.77. The topological polar surface area (TPSA) is 57.7 Å². The van der Waals surface area contributed by atoms with Crippen LogP contribution in [0.4, 0.5) is 4.39 Å². The highest BCUT2D eigenvalue weighted by Gasteiger charge is 2.46. The van der Waals surface area contributed by atoms with Gasteiger partial charge in [0.15, 0.2) is 0 Å². The molecule has 0 spiro atoms. The van der Waals surface area contributed by atoms with Crippen LogP contribution in [0.2, 0.25) is 0 Å². The van der Waals surface area contributed by atoms with E-state index in [1.165, 1.54) is 16.4 Å². The summed E-state index contributed by atoms with van der Waals surface area (Å²) in [6.07, 6.45) is 3.30. The zero-order valence-corrected chi connectivity index (χ0v) is 17.8. The quantitative estimate of drug-likeness (QED) is 0.731. The third-order valence-corrected chi connectivity index (χ3v) is 8.20. The molecule has 2 aliphatic rings. The van der Waals surface area contributed by atoms with Gasteiger partial charge in [-0.2, -0.15) is 4.31 Å². The average Bonchev–Trinajstić information content (AvgIpc) is 3.25. The molecule has 0 aromatic heterocycles. The molecule has 0 N–H and O–H groups in total. The number of rotatable bonds is 5. The summed E-state index contributed by atoms with van der Waals surface area (Å²) in [6.45, 7) is 1.31. The summed E-state index contributed by atoms with van der Waals surface area (Å²) < 4.78 is 40.9. The van der Waals surface area contributed by atoms with Gasteiger partial charge in [0, 0.05) is 26.2 Å². The zero-order valence-electron chi connectivity index (χ0n) is 17.0. The molecule has 1 amide bonds. The van der Waals surface area contributed by atoms with Crippen LogP contribution in [0.3, 0.4) is 0 Å². The first kappa shape index (κ1) is 21.0. The van der Waals surface area contributed by atoms with Gasteiger partial charge in [0.25, 0.3) is 0 Å². The zero-order chi connectivity index (χ0) is 21.2. The van der Waals surface area contributed by atoms with E-state index in [1.807, 2.05) is 24.3 Å². The van der Waals surface area contributed by atoms with Crippen molar-refractivity contribution in [1.82, 2.24) is 9.21 Å². The van der Waals surface area contributed by atoms with Gasteiger partial charge in [0.1, 0.15) is 5.82 Å². The molecule has 30 heavy (non-hydrogen) atoms. The summed E-state index contributed by atoms with van der Waals surface area (Å²) in [5.74, 6) is -0.358. The van der Waals surface area contributed by atoms with Gasteiger partial charge in [-0.15, -0.1) is 0 Å². The largest absolute Gasteiger partial charge is 0.339 e. The Balaban J connectivity index is 1.46. The normalized spacial score (nSPS) is 19.7. The molecule has 1 aliphatic heterocycles. The summed E-state index contributed by atoms with van der Waals surface area (Å²) >= 11 is 0. The fraction of sp³-hybridized carbons (Fsp3) is 0.435. The maximum Gasteiger partial charge on any atom is 0.233 e. The highest BCUT2D eigenvalue weighted by atomic mass is 32.2. The highest BCUT2D eigenvalue weighted by Crippen LogP contribution is 2.43. The van der Waals surface area contributed by atoms with E-state index >= 15 is 0 Å². The number of piperazine rings is 1. The van der Waals surface area contributed by atoms with Crippen molar-refractivity contribution in [2.75, 3.05) is 26.2 Å². The Hall–Kier alpha value is -2.25. The summed E-state index contributed by atoms with van der Waals surface area (Å²) in [5.41, 5.74) is 0.809. The van der Waals surface area contributed by atoms with E-state index in [0.717, 1.165) is 24.0 Å². The Morgan fingerprint density at radius 2 is 1.60 bits per heavy atom. The first-order valence-electron chi connectivity index (χ1n) is 10.5. The molecule has 0 radical (unpaired) electrons. The summed E-state index contributed by atoms with van der Waals surface area (Å²) in [7, 11) is -3.43. The summed E-state index contributed by atoms with van der Waals surface area (Å²) in [5, 5.41) is 0. The van der Waals surface area contributed by atoms with Crippen LogP contribution in [0.1, 0.15) is 36.8 Å². The van der Waals surface area contributed by atoms with Crippen LogP contribution < -0.4 is 0 Å². The number of hydrogen-bond donors (Lipinski definition) is 0. The van der Waals surface area contributed by atoms with Crippen molar-refractivity contribution in [3.63, 3.8) is 0 Å². The van der Waals surface area contributed by atoms with E-state index in [0.29, 0.717) is 39.0 Å². The molecule has 0 bridgehead atoms. The number of sulfonamides is 1. The molecule has 160 valence electrons. The van der Waals surface area contributed by atoms with Crippen LogP contribution >= 0.6 is 0 Å². The van der Waals surface area contributed by atoms with Crippen molar-refractivity contribution in [1.29, 1.82) is 0 Å². The Kier molecular flexibility index (Phi) is 5.93. The number of amides is 1. The van der Waals surface area contributed by atoms with Crippen LogP contribution in [0.5, 0.6) is 0 Å². The summed E-state index contributed by atoms with van der Waals surface area (Å²) in [6, 6.07) is 15.5. The van der Waals surface area contributed by atoms with Crippen LogP contribution in [0, 0.1) is 5.82 Å². The van der Waals surface area contributed by atoms with Crippen molar-refractivity contribution < 1.29 is 17.6 Å². The molecule has 5 nitrogen and oxygen atoms in total. The van der Waals surface area contributed by atoms with E-state index in [9.17, 15) is 17.6 Å². The molecule has 2 aromatic carbocycles. The number of halogens is 1. The van der Waals surface area contributed by atoms with E-state index in [-0.39, 0.29) is 17.5 Å². The van der Waals surface area contributed by atoms with Crippen molar-refractivity contribution in [2.24, 2.45) is 0 Å². The Labute approximate surface area is 177 Å². The Bertz CT molecular complexity index is 996. The van der Waals surface area contributed by atoms with Gasteiger partial charge in [-0.1, -0.05) is 55.3 Å². The first-order valence-corrected chi connectivity index (χ1v) is 12.1. The first-order chi connectivity index (χ1) is 14.4. The Morgan fingerprint density at radius 1 is 0.933 bits per heavy atom. The minimum atomic E-state index is -3.43. The minimum Gasteiger partial charge on any atom is -0.339 e. The molecule has 4 rings (SSSR count). The molecule has 0 atom stereocenters. The van der Waals surface area contributed by atoms with Crippen LogP contribution in [0.25, 0.3) is 0 Å². The maximum atomic E-state index is 13.9. The van der Waals surface area contributed by atoms with Crippen LogP contribution in [-0.2, 0) is 26.0 Å². The number of carbonyl (C=O) groups excluding carboxylic acids is 1. The lowest BCUT2D eigenvalue weighted by molar-refractivity contribution is -0.138. The lowest BCUT2D eigenvalue weighted by Crippen LogP contribution is -2.55. The van der Waals surface area contributed by atoms with Gasteiger partial charge < -0.3 is 4.90 Å². The molecule has 2 fully saturated rings. The maximum absolute atomic E-state index is 13.9. The standard InChI is InChI=1S/C23H27FN2O3S/c24-21-10-6-9-20(17-21)23(11-4-5-12-23)22(27)25-13-15-26(16-14-25)30(28,29)18-19-7-2-1-3-8-19/h1-3,6-10,17H,4-5,11-16,18H2. The van der Waals surface area contributed by atoms with Crippen molar-refractivity contribution in [2.45, 2.75) is 36.9 Å². The van der Waals surface area contributed by atoms with Gasteiger partial charge in [0.2, 0.25) is 15.9 Å². The number of hydrogen-bond acceptors (Lipinski definition) is 3. The molecule has 1 saturated heterocycles. The molecule has 1 saturated carbocycles. The minimum absolute atomic E-state index is 0.00528. The van der Waals surface area contributed by atoms with Crippen molar-refractivity contribution >= 4 is 15.9 Å². The van der Waals surface area contributed by atoms with Crippen LogP contribution in [-0.4, -0.2) is 49.7 Å². The second-order valence-corrected chi connectivity index (χ2v) is 10.2. The van der Waals surface area contributed by atoms with Crippen molar-refractivity contribution in [3.05, 3.63) is 71.5 Å². The Morgan fingerprint density at radius 3 is 2.23 bits per heavy atom. The molecule has 2 aromatic rings. The predicted molar refractivity (Wildman–Crippen MR) is 114 cm³/mol. The van der Waals surface area contributed by atoms with Gasteiger partial charge in [-0.05, 0) is 36.1 Å². The van der Waals surface area contributed by atoms with Gasteiger partial charge in [0.05, 0.1) is 11.2 Å². The highest BCUT2D eigenvalue weighted by molar-refractivity contribution is 7.88. The second-order valence-electron chi connectivity index (χ2n) is 8.23. The predicted octanol–water partition coefficient (Wildman–Crippen LogP) is 3.31. The molecule has 0 unspecified atom stereocenters. The van der Waals surface area contributed by atoms with Gasteiger partial charge >= 0.3 is 0 Å². The van der Waals surface area contributed by atoms with E-state index in [4.69, 9.17) is 0 Å². The van der Waals surface area contributed by atoms with E-state index < -0.39 is 15.4 Å². The number of carbonyl (C=O) groups is 1. The fourth-order valence-corrected chi connectivity index (χ4v) is 6.25. The molecule has 7 heteroatoms. The summed E-state index contributed by atoms with van der Waals surface area (Å²) in [4.78, 5) is 15.3. The second kappa shape index (κ2) is 8.47. The molecular weight excluding hydrogens is 403 g/mol.